The van der Waals surface area contributed by atoms with Gasteiger partial charge in [-0.05, 0) is 43.0 Å². The first-order chi connectivity index (χ1) is 14.6. The minimum Gasteiger partial charge on any atom is -0.337 e. The quantitative estimate of drug-likeness (QED) is 0.441. The second-order valence-corrected chi connectivity index (χ2v) is 9.07. The molecule has 0 unspecified atom stereocenters. The second kappa shape index (κ2) is 9.04. The van der Waals surface area contributed by atoms with Crippen molar-refractivity contribution in [3.8, 4) is 0 Å². The van der Waals surface area contributed by atoms with Gasteiger partial charge in [0.05, 0.1) is 16.2 Å². The van der Waals surface area contributed by atoms with Gasteiger partial charge in [-0.3, -0.25) is 14.2 Å². The molecule has 156 valence electrons. The van der Waals surface area contributed by atoms with Crippen molar-refractivity contribution in [2.45, 2.75) is 56.6 Å². The first kappa shape index (κ1) is 20.7. The molecule has 0 saturated carbocycles. The number of para-hydroxylation sites is 1. The topological polar surface area (TPSA) is 55.2 Å². The van der Waals surface area contributed by atoms with Gasteiger partial charge in [0.15, 0.2) is 5.16 Å². The Morgan fingerprint density at radius 1 is 1.13 bits per heavy atom. The zero-order chi connectivity index (χ0) is 21.1. The number of nitrogens with zero attached hydrogens (tertiary/aromatic N) is 3. The van der Waals surface area contributed by atoms with Crippen LogP contribution in [0.5, 0.6) is 0 Å². The van der Waals surface area contributed by atoms with Crippen molar-refractivity contribution in [2.75, 3.05) is 6.54 Å². The van der Waals surface area contributed by atoms with E-state index >= 15 is 0 Å². The van der Waals surface area contributed by atoms with Crippen molar-refractivity contribution in [3.05, 3.63) is 70.0 Å². The lowest BCUT2D eigenvalue weighted by Gasteiger charge is -2.30. The van der Waals surface area contributed by atoms with E-state index in [1.807, 2.05) is 42.2 Å². The van der Waals surface area contributed by atoms with Crippen LogP contribution < -0.4 is 5.56 Å². The lowest BCUT2D eigenvalue weighted by molar-refractivity contribution is -0.131. The monoisotopic (exact) mass is 421 g/mol. The molecule has 0 radical (unpaired) electrons. The minimum atomic E-state index is -0.309. The zero-order valence-electron chi connectivity index (χ0n) is 17.5. The van der Waals surface area contributed by atoms with Crippen molar-refractivity contribution >= 4 is 28.6 Å². The highest BCUT2D eigenvalue weighted by atomic mass is 32.2. The summed E-state index contributed by atoms with van der Waals surface area (Å²) in [6, 6.07) is 15.7. The fraction of sp³-hybridized carbons (Fsp3) is 0.375. The van der Waals surface area contributed by atoms with E-state index in [9.17, 15) is 9.59 Å². The molecule has 0 N–H and O–H groups in total. The standard InChI is InChI=1S/C24H27N3O2S/c1-3-4-14-27-23(29)20-11-7-8-12-21(20)25-24(27)30-17(2)22(28)26-15-13-18-9-5-6-10-19(18)16-26/h5-12,17H,3-4,13-16H2,1-2H3/t17-/m1/s1. The van der Waals surface area contributed by atoms with Gasteiger partial charge in [0.1, 0.15) is 0 Å². The van der Waals surface area contributed by atoms with Crippen LogP contribution in [0.15, 0.2) is 58.5 Å². The Hall–Kier alpha value is -2.60. The molecule has 0 saturated heterocycles. The van der Waals surface area contributed by atoms with Crippen LogP contribution in [0.1, 0.15) is 37.8 Å². The number of fused-ring (bicyclic) bond motifs is 2. The SMILES string of the molecule is CCCCn1c(S[C@H](C)C(=O)N2CCc3ccccc3C2)nc2ccccc2c1=O. The van der Waals surface area contributed by atoms with Crippen LogP contribution >= 0.6 is 11.8 Å². The first-order valence-corrected chi connectivity index (χ1v) is 11.5. The fourth-order valence-electron chi connectivity index (χ4n) is 3.90. The number of benzene rings is 2. The van der Waals surface area contributed by atoms with Gasteiger partial charge in [-0.25, -0.2) is 4.98 Å². The van der Waals surface area contributed by atoms with Crippen LogP contribution in [0.25, 0.3) is 10.9 Å². The normalized spacial score (nSPS) is 14.5. The van der Waals surface area contributed by atoms with Gasteiger partial charge < -0.3 is 4.90 Å². The molecule has 0 fully saturated rings. The van der Waals surface area contributed by atoms with E-state index in [1.54, 1.807) is 4.57 Å². The summed E-state index contributed by atoms with van der Waals surface area (Å²) in [5, 5.41) is 0.950. The second-order valence-electron chi connectivity index (χ2n) is 7.76. The smallest absolute Gasteiger partial charge is 0.262 e. The molecular formula is C24H27N3O2S. The number of unbranched alkanes of at least 4 members (excludes halogenated alkanes) is 1. The summed E-state index contributed by atoms with van der Waals surface area (Å²) >= 11 is 1.39. The number of amides is 1. The van der Waals surface area contributed by atoms with Gasteiger partial charge in [-0.15, -0.1) is 0 Å². The largest absolute Gasteiger partial charge is 0.337 e. The molecule has 6 heteroatoms. The molecule has 4 rings (SSSR count). The molecule has 2 heterocycles. The highest BCUT2D eigenvalue weighted by Gasteiger charge is 2.26. The van der Waals surface area contributed by atoms with E-state index in [-0.39, 0.29) is 16.7 Å². The van der Waals surface area contributed by atoms with Gasteiger partial charge in [0.2, 0.25) is 5.91 Å². The third-order valence-corrected chi connectivity index (χ3v) is 6.71. The van der Waals surface area contributed by atoms with Crippen LogP contribution in [0.2, 0.25) is 0 Å². The lowest BCUT2D eigenvalue weighted by atomic mass is 10.00. The van der Waals surface area contributed by atoms with Crippen LogP contribution in [0.4, 0.5) is 0 Å². The maximum atomic E-state index is 13.2. The zero-order valence-corrected chi connectivity index (χ0v) is 18.3. The van der Waals surface area contributed by atoms with Crippen molar-refractivity contribution < 1.29 is 4.79 Å². The number of rotatable bonds is 6. The Labute approximate surface area is 181 Å². The van der Waals surface area contributed by atoms with Gasteiger partial charge in [-0.1, -0.05) is 61.5 Å². The molecule has 2 aromatic carbocycles. The molecule has 0 spiro atoms. The molecule has 5 nitrogen and oxygen atoms in total. The molecule has 1 amide bonds. The minimum absolute atomic E-state index is 0.0249. The molecule has 1 atom stereocenters. The summed E-state index contributed by atoms with van der Waals surface area (Å²) in [5.41, 5.74) is 3.21. The number of hydrogen-bond acceptors (Lipinski definition) is 4. The number of thioether (sulfide) groups is 1. The third kappa shape index (κ3) is 4.15. The number of carbonyl (C=O) groups is 1. The van der Waals surface area contributed by atoms with Gasteiger partial charge in [0.25, 0.3) is 5.56 Å². The van der Waals surface area contributed by atoms with Gasteiger partial charge in [0, 0.05) is 19.6 Å². The van der Waals surface area contributed by atoms with Crippen LogP contribution in [0.3, 0.4) is 0 Å². The van der Waals surface area contributed by atoms with E-state index in [0.717, 1.165) is 25.8 Å². The molecule has 1 aliphatic rings. The van der Waals surface area contributed by atoms with E-state index < -0.39 is 0 Å². The van der Waals surface area contributed by atoms with Crippen LogP contribution in [-0.2, 0) is 24.3 Å². The number of carbonyl (C=O) groups excluding carboxylic acids is 1. The van der Waals surface area contributed by atoms with Crippen molar-refractivity contribution in [3.63, 3.8) is 0 Å². The van der Waals surface area contributed by atoms with E-state index in [0.29, 0.717) is 29.1 Å². The third-order valence-electron chi connectivity index (χ3n) is 5.63. The Morgan fingerprint density at radius 2 is 1.87 bits per heavy atom. The van der Waals surface area contributed by atoms with E-state index in [1.165, 1.54) is 22.9 Å². The van der Waals surface area contributed by atoms with E-state index in [2.05, 4.69) is 25.1 Å². The summed E-state index contributed by atoms with van der Waals surface area (Å²) in [4.78, 5) is 32.9. The Bertz CT molecular complexity index is 1120. The molecule has 30 heavy (non-hydrogen) atoms. The maximum absolute atomic E-state index is 13.2. The highest BCUT2D eigenvalue weighted by Crippen LogP contribution is 2.26. The Morgan fingerprint density at radius 3 is 2.67 bits per heavy atom. The maximum Gasteiger partial charge on any atom is 0.262 e. The molecule has 1 aromatic heterocycles. The average Bonchev–Trinajstić information content (AvgIpc) is 2.78. The van der Waals surface area contributed by atoms with Crippen molar-refractivity contribution in [1.29, 1.82) is 0 Å². The Kier molecular flexibility index (Phi) is 6.23. The van der Waals surface area contributed by atoms with E-state index in [4.69, 9.17) is 4.98 Å². The molecule has 0 aliphatic carbocycles. The Balaban J connectivity index is 1.58. The summed E-state index contributed by atoms with van der Waals surface area (Å²) in [5.74, 6) is 0.0963. The first-order valence-electron chi connectivity index (χ1n) is 10.6. The molecular weight excluding hydrogens is 394 g/mol. The highest BCUT2D eigenvalue weighted by molar-refractivity contribution is 8.00. The fourth-order valence-corrected chi connectivity index (χ4v) is 4.92. The summed E-state index contributed by atoms with van der Waals surface area (Å²) < 4.78 is 1.74. The average molecular weight is 422 g/mol. The van der Waals surface area contributed by atoms with Crippen molar-refractivity contribution in [1.82, 2.24) is 14.5 Å². The lowest BCUT2D eigenvalue weighted by Crippen LogP contribution is -2.40. The van der Waals surface area contributed by atoms with Crippen LogP contribution in [0, 0.1) is 0 Å². The summed E-state index contributed by atoms with van der Waals surface area (Å²) in [6.45, 7) is 6.02. The van der Waals surface area contributed by atoms with Gasteiger partial charge in [-0.2, -0.15) is 0 Å². The summed E-state index contributed by atoms with van der Waals surface area (Å²) in [6.07, 6.45) is 2.78. The molecule has 3 aromatic rings. The van der Waals surface area contributed by atoms with Crippen LogP contribution in [-0.4, -0.2) is 32.2 Å². The number of hydrogen-bond donors (Lipinski definition) is 0. The predicted molar refractivity (Wildman–Crippen MR) is 122 cm³/mol. The molecule has 1 aliphatic heterocycles. The van der Waals surface area contributed by atoms with Crippen molar-refractivity contribution in [2.24, 2.45) is 0 Å². The number of aromatic nitrogens is 2. The summed E-state index contributed by atoms with van der Waals surface area (Å²) in [7, 11) is 0. The van der Waals surface area contributed by atoms with Gasteiger partial charge >= 0.3 is 0 Å². The molecule has 0 bridgehead atoms. The predicted octanol–water partition coefficient (Wildman–Crippen LogP) is 4.26.